The number of ether oxygens (including phenoxy) is 1. The van der Waals surface area contributed by atoms with Crippen LogP contribution in [0.1, 0.15) is 19.7 Å². The summed E-state index contributed by atoms with van der Waals surface area (Å²) in [5, 5.41) is 1.10. The summed E-state index contributed by atoms with van der Waals surface area (Å²) in [6, 6.07) is 9.20. The number of hydrogen-bond donors (Lipinski definition) is 1. The van der Waals surface area contributed by atoms with Crippen molar-refractivity contribution in [3.05, 3.63) is 71.3 Å². The van der Waals surface area contributed by atoms with Gasteiger partial charge < -0.3 is 9.46 Å². The molecule has 0 saturated carbocycles. The Bertz CT molecular complexity index is 1260. The molecule has 32 heavy (non-hydrogen) atoms. The van der Waals surface area contributed by atoms with E-state index in [1.54, 1.807) is 37.4 Å². The molecule has 1 N–H and O–H groups in total. The fourth-order valence-electron chi connectivity index (χ4n) is 2.92. The van der Waals surface area contributed by atoms with Crippen molar-refractivity contribution in [1.29, 1.82) is 0 Å². The van der Waals surface area contributed by atoms with Gasteiger partial charge in [-0.15, -0.1) is 0 Å². The highest BCUT2D eigenvalue weighted by Gasteiger charge is 2.17. The van der Waals surface area contributed by atoms with Crippen molar-refractivity contribution >= 4 is 40.1 Å². The van der Waals surface area contributed by atoms with Crippen LogP contribution in [0.15, 0.2) is 53.7 Å². The van der Waals surface area contributed by atoms with E-state index in [4.69, 9.17) is 16.3 Å². The lowest BCUT2D eigenvalue weighted by Crippen LogP contribution is -1.98. The molecule has 4 aromatic rings. The Morgan fingerprint density at radius 1 is 1.03 bits per heavy atom. The molecule has 0 bridgehead atoms. The first kappa shape index (κ1) is 23.7. The number of benzene rings is 2. The number of rotatable bonds is 5. The number of anilines is 1. The second kappa shape index (κ2) is 10.6. The van der Waals surface area contributed by atoms with Gasteiger partial charge in [0, 0.05) is 17.8 Å². The molecule has 0 spiro atoms. The molecule has 0 fully saturated rings. The van der Waals surface area contributed by atoms with Gasteiger partial charge in [0.25, 0.3) is 0 Å². The molecule has 0 aliphatic rings. The Balaban J connectivity index is 0.00000141. The molecule has 0 aliphatic heterocycles. The Kier molecular flexibility index (Phi) is 7.82. The number of fused-ring (bicyclic) bond motifs is 1. The monoisotopic (exact) mass is 474 g/mol. The number of methoxy groups -OCH3 is 1. The fraction of sp³-hybridized carbons (Fsp3) is 0.174. The molecule has 5 nitrogen and oxygen atoms in total. The Morgan fingerprint density at radius 2 is 1.81 bits per heavy atom. The molecule has 9 heteroatoms. The summed E-state index contributed by atoms with van der Waals surface area (Å²) in [5.74, 6) is -0.424. The third-order valence-corrected chi connectivity index (χ3v) is 5.37. The first-order valence-corrected chi connectivity index (χ1v) is 11.0. The van der Waals surface area contributed by atoms with E-state index in [2.05, 4.69) is 19.7 Å². The normalized spacial score (nSPS) is 10.5. The van der Waals surface area contributed by atoms with Crippen LogP contribution in [0, 0.1) is 18.6 Å². The maximum absolute atomic E-state index is 15.2. The molecular formula is C23H21ClF2N4OS. The van der Waals surface area contributed by atoms with Crippen LogP contribution in [-0.2, 0) is 0 Å². The van der Waals surface area contributed by atoms with Crippen LogP contribution < -0.4 is 9.46 Å². The predicted molar refractivity (Wildman–Crippen MR) is 126 cm³/mol. The number of halogens is 3. The Labute approximate surface area is 194 Å². The van der Waals surface area contributed by atoms with Gasteiger partial charge in [-0.3, -0.25) is 0 Å². The minimum Gasteiger partial charge on any atom is -0.480 e. The highest BCUT2D eigenvalue weighted by Crippen LogP contribution is 2.35. The van der Waals surface area contributed by atoms with Crippen molar-refractivity contribution in [2.45, 2.75) is 25.7 Å². The molecule has 4 rings (SSSR count). The van der Waals surface area contributed by atoms with Crippen molar-refractivity contribution in [2.75, 3.05) is 11.8 Å². The van der Waals surface area contributed by atoms with E-state index in [1.807, 2.05) is 13.8 Å². The minimum atomic E-state index is -0.719. The van der Waals surface area contributed by atoms with Gasteiger partial charge in [-0.2, -0.15) is 0 Å². The smallest absolute Gasteiger partial charge is 0.228 e. The third-order valence-electron chi connectivity index (χ3n) is 4.33. The molecule has 0 radical (unpaired) electrons. The maximum atomic E-state index is 15.2. The zero-order valence-electron chi connectivity index (χ0n) is 17.9. The van der Waals surface area contributed by atoms with Gasteiger partial charge in [-0.1, -0.05) is 31.5 Å². The van der Waals surface area contributed by atoms with Crippen LogP contribution >= 0.6 is 23.5 Å². The van der Waals surface area contributed by atoms with Gasteiger partial charge in [0.2, 0.25) is 5.88 Å². The lowest BCUT2D eigenvalue weighted by Gasteiger charge is -2.13. The summed E-state index contributed by atoms with van der Waals surface area (Å²) in [4.78, 5) is 13.1. The summed E-state index contributed by atoms with van der Waals surface area (Å²) < 4.78 is 37.9. The summed E-state index contributed by atoms with van der Waals surface area (Å²) in [6.45, 7) is 5.78. The predicted octanol–water partition coefficient (Wildman–Crippen LogP) is 7.09. The number of aryl methyl sites for hydroxylation is 1. The molecule has 2 aromatic heterocycles. The van der Waals surface area contributed by atoms with Crippen LogP contribution in [0.3, 0.4) is 0 Å². The van der Waals surface area contributed by atoms with Gasteiger partial charge in [-0.05, 0) is 54.8 Å². The summed E-state index contributed by atoms with van der Waals surface area (Å²) >= 11 is 7.04. The summed E-state index contributed by atoms with van der Waals surface area (Å²) in [5.41, 5.74) is 1.07. The second-order valence-corrected chi connectivity index (χ2v) is 7.62. The van der Waals surface area contributed by atoms with Gasteiger partial charge in [0.15, 0.2) is 5.82 Å². The molecule has 2 heterocycles. The average Bonchev–Trinajstić information content (AvgIpc) is 2.80. The third kappa shape index (κ3) is 5.08. The van der Waals surface area contributed by atoms with Crippen LogP contribution in [0.25, 0.3) is 22.0 Å². The van der Waals surface area contributed by atoms with Crippen molar-refractivity contribution < 1.29 is 13.5 Å². The quantitative estimate of drug-likeness (QED) is 0.312. The standard InChI is InChI=1S/C21H15ClF2N4OS.C2H6/c1-11-25-9-13-7-12(3-5-16(13)27-11)19-15(23)4-6-17(20(19)24)28-30-18-8-14(22)10-26-21(18)29-2;1-2/h3-10,28H,1-2H3;1-2H3. The maximum Gasteiger partial charge on any atom is 0.228 e. The van der Waals surface area contributed by atoms with Crippen LogP contribution in [0.5, 0.6) is 5.88 Å². The van der Waals surface area contributed by atoms with Crippen LogP contribution in [0.2, 0.25) is 5.02 Å². The van der Waals surface area contributed by atoms with E-state index in [1.165, 1.54) is 25.4 Å². The summed E-state index contributed by atoms with van der Waals surface area (Å²) in [6.07, 6.45) is 3.08. The van der Waals surface area contributed by atoms with Gasteiger partial charge >= 0.3 is 0 Å². The van der Waals surface area contributed by atoms with E-state index in [9.17, 15) is 4.39 Å². The number of nitrogens with one attached hydrogen (secondary N) is 1. The number of nitrogens with zero attached hydrogens (tertiary/aromatic N) is 3. The van der Waals surface area contributed by atoms with Crippen LogP contribution in [-0.4, -0.2) is 22.1 Å². The Morgan fingerprint density at radius 3 is 2.56 bits per heavy atom. The van der Waals surface area contributed by atoms with Crippen molar-refractivity contribution in [3.63, 3.8) is 0 Å². The molecule has 0 aliphatic carbocycles. The average molecular weight is 475 g/mol. The summed E-state index contributed by atoms with van der Waals surface area (Å²) in [7, 11) is 1.47. The number of pyridine rings is 1. The molecule has 0 saturated heterocycles. The van der Waals surface area contributed by atoms with E-state index < -0.39 is 11.6 Å². The molecule has 0 amide bonds. The molecule has 166 valence electrons. The zero-order valence-corrected chi connectivity index (χ0v) is 19.5. The molecular weight excluding hydrogens is 454 g/mol. The Hall–Kier alpha value is -2.97. The van der Waals surface area contributed by atoms with E-state index in [0.29, 0.717) is 38.1 Å². The molecule has 0 atom stereocenters. The van der Waals surface area contributed by atoms with Crippen molar-refractivity contribution in [1.82, 2.24) is 15.0 Å². The minimum absolute atomic E-state index is 0.110. The second-order valence-electron chi connectivity index (χ2n) is 6.34. The highest BCUT2D eigenvalue weighted by molar-refractivity contribution is 8.00. The van der Waals surface area contributed by atoms with Crippen molar-refractivity contribution in [3.8, 4) is 17.0 Å². The topological polar surface area (TPSA) is 59.9 Å². The lowest BCUT2D eigenvalue weighted by molar-refractivity contribution is 0.387. The fourth-order valence-corrected chi connectivity index (χ4v) is 3.93. The lowest BCUT2D eigenvalue weighted by atomic mass is 10.0. The zero-order chi connectivity index (χ0) is 23.3. The van der Waals surface area contributed by atoms with Gasteiger partial charge in [-0.25, -0.2) is 23.7 Å². The number of hydrogen-bond acceptors (Lipinski definition) is 6. The van der Waals surface area contributed by atoms with E-state index in [-0.39, 0.29) is 11.3 Å². The van der Waals surface area contributed by atoms with E-state index in [0.717, 1.165) is 11.9 Å². The number of aromatic nitrogens is 3. The highest BCUT2D eigenvalue weighted by atomic mass is 35.5. The van der Waals surface area contributed by atoms with Crippen LogP contribution in [0.4, 0.5) is 14.5 Å². The largest absolute Gasteiger partial charge is 0.480 e. The van der Waals surface area contributed by atoms with Crippen molar-refractivity contribution in [2.24, 2.45) is 0 Å². The first-order chi connectivity index (χ1) is 15.5. The molecule has 2 aromatic carbocycles. The SMILES string of the molecule is CC.COc1ncc(Cl)cc1SNc1ccc(F)c(-c2ccc3nc(C)ncc3c2)c1F. The molecule has 0 unspecified atom stereocenters. The van der Waals surface area contributed by atoms with Gasteiger partial charge in [0.05, 0.1) is 33.8 Å². The van der Waals surface area contributed by atoms with E-state index >= 15 is 4.39 Å². The first-order valence-electron chi connectivity index (χ1n) is 9.80. The van der Waals surface area contributed by atoms with Gasteiger partial charge in [0.1, 0.15) is 11.6 Å².